The summed E-state index contributed by atoms with van der Waals surface area (Å²) in [6.07, 6.45) is 6.91. The molecule has 210 valence electrons. The Hall–Kier alpha value is -3.27. The lowest BCUT2D eigenvalue weighted by Crippen LogP contribution is -2.63. The van der Waals surface area contributed by atoms with E-state index in [0.717, 1.165) is 58.4 Å². The van der Waals surface area contributed by atoms with E-state index in [9.17, 15) is 14.0 Å². The quantitative estimate of drug-likeness (QED) is 0.573. The average Bonchev–Trinajstić information content (AvgIpc) is 3.36. The highest BCUT2D eigenvalue weighted by molar-refractivity contribution is 5.97. The fraction of sp³-hybridized carbons (Fsp3) is 0.586. The van der Waals surface area contributed by atoms with Gasteiger partial charge in [0.05, 0.1) is 17.3 Å². The Kier molecular flexibility index (Phi) is 7.50. The molecule has 0 saturated carbocycles. The fourth-order valence-electron chi connectivity index (χ4n) is 6.23. The molecule has 3 fully saturated rings. The zero-order valence-electron chi connectivity index (χ0n) is 23.4. The summed E-state index contributed by atoms with van der Waals surface area (Å²) in [6, 6.07) is 3.96. The van der Waals surface area contributed by atoms with Crippen LogP contribution in [-0.4, -0.2) is 82.4 Å². The predicted molar refractivity (Wildman–Crippen MR) is 146 cm³/mol. The summed E-state index contributed by atoms with van der Waals surface area (Å²) in [5.74, 6) is 0.784. The van der Waals surface area contributed by atoms with Crippen molar-refractivity contribution in [3.8, 4) is 11.5 Å². The minimum absolute atomic E-state index is 0.0366. The highest BCUT2D eigenvalue weighted by atomic mass is 19.1. The molecular formula is C29H39FN6O3. The second-order valence-electron chi connectivity index (χ2n) is 11.6. The summed E-state index contributed by atoms with van der Waals surface area (Å²) >= 11 is 0. The summed E-state index contributed by atoms with van der Waals surface area (Å²) in [7, 11) is 0. The van der Waals surface area contributed by atoms with Crippen molar-refractivity contribution in [1.82, 2.24) is 25.1 Å². The molecule has 3 saturated heterocycles. The zero-order chi connectivity index (χ0) is 27.8. The predicted octanol–water partition coefficient (Wildman–Crippen LogP) is 3.85. The third-order valence-electron chi connectivity index (χ3n) is 8.58. The van der Waals surface area contributed by atoms with E-state index in [1.807, 2.05) is 32.6 Å². The van der Waals surface area contributed by atoms with Crippen LogP contribution in [0.2, 0.25) is 0 Å². The Morgan fingerprint density at radius 2 is 1.92 bits per heavy atom. The number of aromatic nitrogens is 2. The first-order chi connectivity index (χ1) is 18.6. The maximum absolute atomic E-state index is 14.2. The lowest BCUT2D eigenvalue weighted by Gasteiger charge is -2.55. The van der Waals surface area contributed by atoms with E-state index in [2.05, 4.69) is 20.2 Å². The monoisotopic (exact) mass is 538 g/mol. The van der Waals surface area contributed by atoms with E-state index in [1.165, 1.54) is 24.5 Å². The van der Waals surface area contributed by atoms with Crippen LogP contribution in [0.4, 0.5) is 10.2 Å². The molecule has 9 nitrogen and oxygen atoms in total. The second kappa shape index (κ2) is 10.7. The van der Waals surface area contributed by atoms with Crippen LogP contribution in [0, 0.1) is 11.2 Å². The number of likely N-dealkylation sites (tertiary alicyclic amines) is 1. The van der Waals surface area contributed by atoms with Crippen molar-refractivity contribution in [3.63, 3.8) is 0 Å². The molecule has 1 spiro atoms. The molecule has 5 rings (SSSR count). The third kappa shape index (κ3) is 5.31. The Balaban J connectivity index is 1.27. The molecule has 0 aliphatic carbocycles. The summed E-state index contributed by atoms with van der Waals surface area (Å²) in [5.41, 5.74) is -0.116. The molecule has 10 heteroatoms. The molecule has 1 aromatic carbocycles. The van der Waals surface area contributed by atoms with Gasteiger partial charge in [-0.3, -0.25) is 9.59 Å². The molecule has 4 heterocycles. The molecule has 3 aliphatic rings. The lowest BCUT2D eigenvalue weighted by molar-refractivity contribution is -0.139. The van der Waals surface area contributed by atoms with Crippen LogP contribution >= 0.6 is 0 Å². The third-order valence-corrected chi connectivity index (χ3v) is 8.58. The number of rotatable bonds is 7. The SMILES string of the molecule is CCN(C(=O)c1cc(F)ccc1Oc1cncnc1N1CC2(CCN(C(=O)[C@]3(C)CCCN3)CC2)C1)C(C)C. The number of ether oxygens (including phenoxy) is 1. The largest absolute Gasteiger partial charge is 0.451 e. The Bertz CT molecular complexity index is 1220. The first-order valence-electron chi connectivity index (χ1n) is 14.0. The molecule has 0 unspecified atom stereocenters. The van der Waals surface area contributed by atoms with Gasteiger partial charge < -0.3 is 24.8 Å². The maximum Gasteiger partial charge on any atom is 0.257 e. The van der Waals surface area contributed by atoms with Gasteiger partial charge in [0.2, 0.25) is 5.91 Å². The first kappa shape index (κ1) is 27.3. The summed E-state index contributed by atoms with van der Waals surface area (Å²) < 4.78 is 20.4. The van der Waals surface area contributed by atoms with E-state index in [1.54, 1.807) is 11.1 Å². The Morgan fingerprint density at radius 3 is 2.56 bits per heavy atom. The van der Waals surface area contributed by atoms with E-state index in [4.69, 9.17) is 4.74 Å². The maximum atomic E-state index is 14.2. The summed E-state index contributed by atoms with van der Waals surface area (Å²) in [6.45, 7) is 12.3. The van der Waals surface area contributed by atoms with Crippen LogP contribution in [0.5, 0.6) is 11.5 Å². The first-order valence-corrected chi connectivity index (χ1v) is 14.0. The van der Waals surface area contributed by atoms with Crippen LogP contribution < -0.4 is 15.0 Å². The van der Waals surface area contributed by atoms with E-state index < -0.39 is 11.4 Å². The van der Waals surface area contributed by atoms with Crippen molar-refractivity contribution in [1.29, 1.82) is 0 Å². The minimum Gasteiger partial charge on any atom is -0.451 e. The van der Waals surface area contributed by atoms with E-state index in [-0.39, 0.29) is 34.6 Å². The minimum atomic E-state index is -0.498. The molecule has 39 heavy (non-hydrogen) atoms. The van der Waals surface area contributed by atoms with Gasteiger partial charge >= 0.3 is 0 Å². The van der Waals surface area contributed by atoms with Gasteiger partial charge in [0, 0.05) is 44.2 Å². The van der Waals surface area contributed by atoms with Gasteiger partial charge in [-0.2, -0.15) is 0 Å². The van der Waals surface area contributed by atoms with E-state index >= 15 is 0 Å². The van der Waals surface area contributed by atoms with Gasteiger partial charge in [-0.1, -0.05) is 0 Å². The van der Waals surface area contributed by atoms with Crippen molar-refractivity contribution in [2.24, 2.45) is 5.41 Å². The van der Waals surface area contributed by atoms with Crippen LogP contribution in [0.1, 0.15) is 63.7 Å². The van der Waals surface area contributed by atoms with Crippen LogP contribution in [-0.2, 0) is 4.79 Å². The topological polar surface area (TPSA) is 90.9 Å². The fourth-order valence-corrected chi connectivity index (χ4v) is 6.23. The number of anilines is 1. The number of halogens is 1. The highest BCUT2D eigenvalue weighted by Gasteiger charge is 2.48. The smallest absolute Gasteiger partial charge is 0.257 e. The molecule has 0 bridgehead atoms. The number of piperidine rings is 1. The zero-order valence-corrected chi connectivity index (χ0v) is 23.4. The number of hydrogen-bond acceptors (Lipinski definition) is 7. The number of nitrogens with zero attached hydrogens (tertiary/aromatic N) is 5. The second-order valence-corrected chi connectivity index (χ2v) is 11.6. The van der Waals surface area contributed by atoms with Crippen molar-refractivity contribution < 1.29 is 18.7 Å². The number of hydrogen-bond donors (Lipinski definition) is 1. The molecule has 2 amide bonds. The number of amides is 2. The van der Waals surface area contributed by atoms with Crippen molar-refractivity contribution in [2.75, 3.05) is 44.2 Å². The summed E-state index contributed by atoms with van der Waals surface area (Å²) in [4.78, 5) is 40.9. The van der Waals surface area contributed by atoms with Gasteiger partial charge in [-0.15, -0.1) is 0 Å². The Labute approximate surface area is 229 Å². The molecular weight excluding hydrogens is 499 g/mol. The van der Waals surface area contributed by atoms with Gasteiger partial charge in [0.15, 0.2) is 11.6 Å². The van der Waals surface area contributed by atoms with Gasteiger partial charge in [-0.05, 0) is 78.1 Å². The standard InChI is InChI=1S/C29H39FN6O3/c1-5-36(20(2)3)26(37)22-15-21(30)7-8-23(22)39-24-16-31-19-32-25(24)35-17-29(18-35)10-13-34(14-11-29)27(38)28(4)9-6-12-33-28/h7-8,15-16,19-20,33H,5-6,9-14,17-18H2,1-4H3/t28-/m0/s1. The van der Waals surface area contributed by atoms with Crippen molar-refractivity contribution >= 4 is 17.6 Å². The average molecular weight is 539 g/mol. The summed E-state index contributed by atoms with van der Waals surface area (Å²) in [5, 5.41) is 3.39. The number of benzene rings is 1. The normalized spacial score (nSPS) is 22.2. The number of carbonyl (C=O) groups excluding carboxylic acids is 2. The molecule has 0 radical (unpaired) electrons. The molecule has 3 aliphatic heterocycles. The Morgan fingerprint density at radius 1 is 1.18 bits per heavy atom. The highest BCUT2D eigenvalue weighted by Crippen LogP contribution is 2.45. The molecule has 1 atom stereocenters. The lowest BCUT2D eigenvalue weighted by atomic mass is 9.71. The molecule has 1 aromatic heterocycles. The number of carbonyl (C=O) groups is 2. The molecule has 2 aromatic rings. The van der Waals surface area contributed by atoms with Gasteiger partial charge in [-0.25, -0.2) is 14.4 Å². The van der Waals surface area contributed by atoms with Gasteiger partial charge in [0.25, 0.3) is 5.91 Å². The van der Waals surface area contributed by atoms with E-state index in [0.29, 0.717) is 18.1 Å². The van der Waals surface area contributed by atoms with Crippen LogP contribution in [0.25, 0.3) is 0 Å². The molecule has 1 N–H and O–H groups in total. The van der Waals surface area contributed by atoms with Crippen molar-refractivity contribution in [2.45, 2.75) is 65.0 Å². The van der Waals surface area contributed by atoms with Gasteiger partial charge in [0.1, 0.15) is 17.9 Å². The van der Waals surface area contributed by atoms with Crippen molar-refractivity contribution in [3.05, 3.63) is 42.1 Å². The van der Waals surface area contributed by atoms with Crippen LogP contribution in [0.3, 0.4) is 0 Å². The number of nitrogens with one attached hydrogen (secondary N) is 1. The van der Waals surface area contributed by atoms with Crippen LogP contribution in [0.15, 0.2) is 30.7 Å².